The van der Waals surface area contributed by atoms with Gasteiger partial charge in [0.1, 0.15) is 0 Å². The predicted octanol–water partition coefficient (Wildman–Crippen LogP) is 4.16. The van der Waals surface area contributed by atoms with Crippen LogP contribution in [0.25, 0.3) is 0 Å². The summed E-state index contributed by atoms with van der Waals surface area (Å²) in [5, 5.41) is 14.0. The molecule has 2 aromatic rings. The minimum Gasteiger partial charge on any atom is -0.326 e. The number of nitrogens with one attached hydrogen (secondary N) is 1. The number of halogens is 1. The molecule has 2 aromatic carbocycles. The lowest BCUT2D eigenvalue weighted by molar-refractivity contribution is -0.385. The van der Waals surface area contributed by atoms with Gasteiger partial charge in [0.25, 0.3) is 5.69 Å². The Balaban J connectivity index is 1.94. The van der Waals surface area contributed by atoms with E-state index in [4.69, 9.17) is 11.6 Å². The summed E-state index contributed by atoms with van der Waals surface area (Å²) in [7, 11) is 0. The third kappa shape index (κ3) is 4.63. The van der Waals surface area contributed by atoms with Gasteiger partial charge in [0.05, 0.1) is 4.92 Å². The summed E-state index contributed by atoms with van der Waals surface area (Å²) >= 11 is 5.76. The van der Waals surface area contributed by atoms with Crippen LogP contribution in [0.15, 0.2) is 42.5 Å². The Hall–Kier alpha value is -2.73. The lowest BCUT2D eigenvalue weighted by atomic mass is 10.1. The van der Waals surface area contributed by atoms with Crippen LogP contribution in [0.4, 0.5) is 11.4 Å². The molecule has 0 aliphatic rings. The number of amides is 1. The van der Waals surface area contributed by atoms with Crippen molar-refractivity contribution in [2.24, 2.45) is 0 Å². The standard InChI is InChI=1S/C17H15ClN2O4/c1-11-2-7-14(10-15(11)20(23)24)19-17(22)9-8-16(21)12-3-5-13(18)6-4-12/h2-7,10H,8-9H2,1H3,(H,19,22). The summed E-state index contributed by atoms with van der Waals surface area (Å²) < 4.78 is 0. The summed E-state index contributed by atoms with van der Waals surface area (Å²) in [4.78, 5) is 34.3. The molecule has 0 bridgehead atoms. The number of nitro benzene ring substituents is 1. The molecule has 7 heteroatoms. The zero-order chi connectivity index (χ0) is 17.7. The van der Waals surface area contributed by atoms with Crippen molar-refractivity contribution in [1.82, 2.24) is 0 Å². The Bertz CT molecular complexity index is 788. The minimum atomic E-state index is -0.505. The number of Topliss-reactive ketones (excluding diaryl/α,β-unsaturated/α-hetero) is 1. The normalized spacial score (nSPS) is 10.2. The molecule has 2 rings (SSSR count). The number of aryl methyl sites for hydroxylation is 1. The van der Waals surface area contributed by atoms with E-state index in [1.165, 1.54) is 6.07 Å². The second-order valence-corrected chi connectivity index (χ2v) is 5.67. The number of carbonyl (C=O) groups excluding carboxylic acids is 2. The molecule has 0 aromatic heterocycles. The molecule has 0 aliphatic carbocycles. The number of anilines is 1. The molecule has 6 nitrogen and oxygen atoms in total. The molecule has 124 valence electrons. The Morgan fingerprint density at radius 1 is 1.12 bits per heavy atom. The molecule has 24 heavy (non-hydrogen) atoms. The fourth-order valence-electron chi connectivity index (χ4n) is 2.11. The van der Waals surface area contributed by atoms with Gasteiger partial charge in [-0.15, -0.1) is 0 Å². The van der Waals surface area contributed by atoms with Crippen molar-refractivity contribution in [2.45, 2.75) is 19.8 Å². The van der Waals surface area contributed by atoms with Crippen LogP contribution in [-0.4, -0.2) is 16.6 Å². The molecule has 0 fully saturated rings. The van der Waals surface area contributed by atoms with Gasteiger partial charge < -0.3 is 5.32 Å². The highest BCUT2D eigenvalue weighted by Crippen LogP contribution is 2.22. The molecule has 0 radical (unpaired) electrons. The van der Waals surface area contributed by atoms with Gasteiger partial charge in [0, 0.05) is 40.7 Å². The van der Waals surface area contributed by atoms with Gasteiger partial charge in [-0.3, -0.25) is 19.7 Å². The molecular weight excluding hydrogens is 332 g/mol. The molecule has 0 aliphatic heterocycles. The predicted molar refractivity (Wildman–Crippen MR) is 91.5 cm³/mol. The zero-order valence-corrected chi connectivity index (χ0v) is 13.7. The van der Waals surface area contributed by atoms with E-state index in [2.05, 4.69) is 5.32 Å². The van der Waals surface area contributed by atoms with Crippen molar-refractivity contribution >= 4 is 34.7 Å². The van der Waals surface area contributed by atoms with Crippen molar-refractivity contribution in [3.8, 4) is 0 Å². The average Bonchev–Trinajstić information content (AvgIpc) is 2.55. The molecular formula is C17H15ClN2O4. The van der Waals surface area contributed by atoms with Crippen molar-refractivity contribution in [2.75, 3.05) is 5.32 Å². The van der Waals surface area contributed by atoms with Crippen LogP contribution >= 0.6 is 11.6 Å². The summed E-state index contributed by atoms with van der Waals surface area (Å²) in [5.41, 5.74) is 1.26. The van der Waals surface area contributed by atoms with E-state index >= 15 is 0 Å². The second kappa shape index (κ2) is 7.70. The number of ketones is 1. The smallest absolute Gasteiger partial charge is 0.274 e. The number of rotatable bonds is 6. The number of hydrogen-bond donors (Lipinski definition) is 1. The lowest BCUT2D eigenvalue weighted by Gasteiger charge is -2.06. The summed E-state index contributed by atoms with van der Waals surface area (Å²) in [6.07, 6.45) is 0.0323. The van der Waals surface area contributed by atoms with Crippen LogP contribution in [0.5, 0.6) is 0 Å². The largest absolute Gasteiger partial charge is 0.326 e. The number of carbonyl (C=O) groups is 2. The molecule has 0 saturated carbocycles. The third-order valence-electron chi connectivity index (χ3n) is 3.43. The molecule has 0 atom stereocenters. The monoisotopic (exact) mass is 346 g/mol. The molecule has 0 spiro atoms. The number of nitro groups is 1. The van der Waals surface area contributed by atoms with E-state index in [-0.39, 0.29) is 30.2 Å². The average molecular weight is 347 g/mol. The van der Waals surface area contributed by atoms with Crippen molar-refractivity contribution < 1.29 is 14.5 Å². The Labute approximate surface area is 143 Å². The van der Waals surface area contributed by atoms with Gasteiger partial charge in [-0.05, 0) is 37.3 Å². The first-order valence-electron chi connectivity index (χ1n) is 7.20. The van der Waals surface area contributed by atoms with Crippen molar-refractivity contribution in [3.63, 3.8) is 0 Å². The maximum Gasteiger partial charge on any atom is 0.274 e. The summed E-state index contributed by atoms with van der Waals surface area (Å²) in [5.74, 6) is -0.549. The first kappa shape index (κ1) is 17.6. The van der Waals surface area contributed by atoms with Crippen LogP contribution in [0.2, 0.25) is 5.02 Å². The van der Waals surface area contributed by atoms with Crippen LogP contribution in [0, 0.1) is 17.0 Å². The first-order chi connectivity index (χ1) is 11.4. The Morgan fingerprint density at radius 2 is 1.79 bits per heavy atom. The van der Waals surface area contributed by atoms with Crippen LogP contribution in [0.1, 0.15) is 28.8 Å². The van der Waals surface area contributed by atoms with Gasteiger partial charge in [-0.25, -0.2) is 0 Å². The van der Waals surface area contributed by atoms with E-state index in [0.29, 0.717) is 21.8 Å². The molecule has 0 heterocycles. The Kier molecular flexibility index (Phi) is 5.65. The van der Waals surface area contributed by atoms with E-state index in [0.717, 1.165) is 0 Å². The maximum absolute atomic E-state index is 12.0. The topological polar surface area (TPSA) is 89.3 Å². The van der Waals surface area contributed by atoms with Crippen LogP contribution < -0.4 is 5.32 Å². The summed E-state index contributed by atoms with van der Waals surface area (Å²) in [6.45, 7) is 1.62. The minimum absolute atomic E-state index is 0.0108. The van der Waals surface area contributed by atoms with Crippen LogP contribution in [0.3, 0.4) is 0 Å². The number of hydrogen-bond acceptors (Lipinski definition) is 4. The van der Waals surface area contributed by atoms with Gasteiger partial charge in [0.15, 0.2) is 5.78 Å². The molecule has 0 saturated heterocycles. The molecule has 0 unspecified atom stereocenters. The van der Waals surface area contributed by atoms with Gasteiger partial charge >= 0.3 is 0 Å². The highest BCUT2D eigenvalue weighted by atomic mass is 35.5. The maximum atomic E-state index is 12.0. The first-order valence-corrected chi connectivity index (χ1v) is 7.58. The van der Waals surface area contributed by atoms with Gasteiger partial charge in [0.2, 0.25) is 5.91 Å². The van der Waals surface area contributed by atoms with E-state index in [1.54, 1.807) is 43.3 Å². The van der Waals surface area contributed by atoms with Gasteiger partial charge in [-0.1, -0.05) is 17.7 Å². The SMILES string of the molecule is Cc1ccc(NC(=O)CCC(=O)c2ccc(Cl)cc2)cc1[N+](=O)[O-]. The highest BCUT2D eigenvalue weighted by molar-refractivity contribution is 6.30. The van der Waals surface area contributed by atoms with E-state index in [9.17, 15) is 19.7 Å². The molecule has 1 amide bonds. The van der Waals surface area contributed by atoms with Gasteiger partial charge in [-0.2, -0.15) is 0 Å². The van der Waals surface area contributed by atoms with Crippen molar-refractivity contribution in [3.05, 3.63) is 68.7 Å². The zero-order valence-electron chi connectivity index (χ0n) is 12.9. The highest BCUT2D eigenvalue weighted by Gasteiger charge is 2.13. The van der Waals surface area contributed by atoms with E-state index < -0.39 is 4.92 Å². The number of nitrogens with zero attached hydrogens (tertiary/aromatic N) is 1. The number of benzene rings is 2. The van der Waals surface area contributed by atoms with Crippen LogP contribution in [-0.2, 0) is 4.79 Å². The molecule has 1 N–H and O–H groups in total. The lowest BCUT2D eigenvalue weighted by Crippen LogP contribution is -2.13. The second-order valence-electron chi connectivity index (χ2n) is 5.24. The fourth-order valence-corrected chi connectivity index (χ4v) is 2.24. The van der Waals surface area contributed by atoms with E-state index in [1.807, 2.05) is 0 Å². The quantitative estimate of drug-likeness (QED) is 0.483. The van der Waals surface area contributed by atoms with Crippen molar-refractivity contribution in [1.29, 1.82) is 0 Å². The summed E-state index contributed by atoms with van der Waals surface area (Å²) in [6, 6.07) is 10.9. The fraction of sp³-hybridized carbons (Fsp3) is 0.176. The third-order valence-corrected chi connectivity index (χ3v) is 3.69. The Morgan fingerprint density at radius 3 is 2.42 bits per heavy atom.